The Balaban J connectivity index is 1.71. The normalized spacial score (nSPS) is 11.5. The summed E-state index contributed by atoms with van der Waals surface area (Å²) >= 11 is 0.813. The SMILES string of the molecule is O=C(Nc1nc(C(F)(F)F)c(-c2ccccc2)s1)C(c1ccccc1)c1ccccc1. The number of rotatable bonds is 5. The van der Waals surface area contributed by atoms with Crippen molar-refractivity contribution < 1.29 is 18.0 Å². The van der Waals surface area contributed by atoms with Crippen LogP contribution in [0.1, 0.15) is 22.7 Å². The second-order valence-electron chi connectivity index (χ2n) is 6.80. The van der Waals surface area contributed by atoms with Gasteiger partial charge in [-0.25, -0.2) is 4.98 Å². The number of halogens is 3. The van der Waals surface area contributed by atoms with E-state index < -0.39 is 23.7 Å². The van der Waals surface area contributed by atoms with Crippen LogP contribution in [0.25, 0.3) is 10.4 Å². The van der Waals surface area contributed by atoms with E-state index in [9.17, 15) is 18.0 Å². The number of carbonyl (C=O) groups excluding carboxylic acids is 1. The molecule has 0 bridgehead atoms. The van der Waals surface area contributed by atoms with Crippen molar-refractivity contribution in [1.82, 2.24) is 4.98 Å². The van der Waals surface area contributed by atoms with Gasteiger partial charge in [-0.15, -0.1) is 0 Å². The van der Waals surface area contributed by atoms with Crippen molar-refractivity contribution in [2.75, 3.05) is 5.32 Å². The van der Waals surface area contributed by atoms with Gasteiger partial charge in [0.15, 0.2) is 10.8 Å². The fourth-order valence-electron chi connectivity index (χ4n) is 3.31. The van der Waals surface area contributed by atoms with E-state index in [0.717, 1.165) is 22.5 Å². The maximum Gasteiger partial charge on any atom is 0.434 e. The number of alkyl halides is 3. The third kappa shape index (κ3) is 4.67. The van der Waals surface area contributed by atoms with Crippen LogP contribution in [0.15, 0.2) is 91.0 Å². The topological polar surface area (TPSA) is 42.0 Å². The fraction of sp³-hybridized carbons (Fsp3) is 0.0833. The Hall–Kier alpha value is -3.45. The number of amides is 1. The largest absolute Gasteiger partial charge is 0.434 e. The van der Waals surface area contributed by atoms with Crippen LogP contribution in [-0.2, 0) is 11.0 Å². The molecule has 1 N–H and O–H groups in total. The highest BCUT2D eigenvalue weighted by Gasteiger charge is 2.38. The van der Waals surface area contributed by atoms with E-state index in [4.69, 9.17) is 0 Å². The zero-order valence-corrected chi connectivity index (χ0v) is 17.0. The van der Waals surface area contributed by atoms with Gasteiger partial charge in [-0.2, -0.15) is 13.2 Å². The van der Waals surface area contributed by atoms with Gasteiger partial charge in [0.25, 0.3) is 0 Å². The maximum absolute atomic E-state index is 13.6. The Labute approximate surface area is 181 Å². The molecule has 0 saturated heterocycles. The number of nitrogens with one attached hydrogen (secondary N) is 1. The van der Waals surface area contributed by atoms with Crippen LogP contribution >= 0.6 is 11.3 Å². The first-order valence-electron chi connectivity index (χ1n) is 9.47. The summed E-state index contributed by atoms with van der Waals surface area (Å²) in [6.45, 7) is 0. The lowest BCUT2D eigenvalue weighted by Gasteiger charge is -2.17. The molecule has 156 valence electrons. The smallest absolute Gasteiger partial charge is 0.301 e. The first-order valence-corrected chi connectivity index (χ1v) is 10.3. The summed E-state index contributed by atoms with van der Waals surface area (Å²) in [5.41, 5.74) is 0.870. The minimum atomic E-state index is -4.64. The number of nitrogens with zero attached hydrogens (tertiary/aromatic N) is 1. The summed E-state index contributed by atoms with van der Waals surface area (Å²) in [6, 6.07) is 26.4. The highest BCUT2D eigenvalue weighted by atomic mass is 32.1. The molecule has 7 heteroatoms. The Bertz CT molecular complexity index is 1120. The molecule has 1 aromatic heterocycles. The molecule has 0 radical (unpaired) electrons. The Morgan fingerprint density at radius 3 is 1.77 bits per heavy atom. The highest BCUT2D eigenvalue weighted by molar-refractivity contribution is 7.19. The van der Waals surface area contributed by atoms with E-state index in [0.29, 0.717) is 5.56 Å². The maximum atomic E-state index is 13.6. The molecule has 1 amide bonds. The standard InChI is InChI=1S/C24H17F3N2OS/c25-24(26,27)21-20(18-14-8-3-9-15-18)31-23(28-21)29-22(30)19(16-10-4-1-5-11-16)17-12-6-2-7-13-17/h1-15,19H,(H,28,29,30). The first kappa shape index (κ1) is 20.8. The predicted octanol–water partition coefficient (Wildman–Crippen LogP) is 6.60. The minimum absolute atomic E-state index is 0.0284. The number of hydrogen-bond donors (Lipinski definition) is 1. The number of benzene rings is 3. The molecule has 0 atom stereocenters. The molecule has 4 rings (SSSR count). The minimum Gasteiger partial charge on any atom is -0.301 e. The second-order valence-corrected chi connectivity index (χ2v) is 7.80. The fourth-order valence-corrected chi connectivity index (χ4v) is 4.31. The third-order valence-corrected chi connectivity index (χ3v) is 5.71. The average molecular weight is 438 g/mol. The number of thiazole rings is 1. The molecule has 0 fully saturated rings. The molecule has 0 aliphatic rings. The van der Waals surface area contributed by atoms with Gasteiger partial charge in [-0.1, -0.05) is 102 Å². The molecule has 0 unspecified atom stereocenters. The molecule has 1 heterocycles. The Morgan fingerprint density at radius 2 is 1.29 bits per heavy atom. The summed E-state index contributed by atoms with van der Waals surface area (Å²) in [6.07, 6.45) is -4.64. The highest BCUT2D eigenvalue weighted by Crippen LogP contribution is 2.42. The molecular weight excluding hydrogens is 421 g/mol. The van der Waals surface area contributed by atoms with Crippen LogP contribution in [-0.4, -0.2) is 10.9 Å². The molecule has 3 aromatic carbocycles. The number of carbonyl (C=O) groups is 1. The van der Waals surface area contributed by atoms with E-state index in [2.05, 4.69) is 10.3 Å². The lowest BCUT2D eigenvalue weighted by atomic mass is 9.90. The third-order valence-electron chi connectivity index (χ3n) is 4.69. The summed E-state index contributed by atoms with van der Waals surface area (Å²) in [5.74, 6) is -1.12. The lowest BCUT2D eigenvalue weighted by molar-refractivity contribution is -0.140. The zero-order valence-electron chi connectivity index (χ0n) is 16.1. The average Bonchev–Trinajstić information content (AvgIpc) is 3.20. The Kier molecular flexibility index (Phi) is 5.86. The van der Waals surface area contributed by atoms with E-state index >= 15 is 0 Å². The summed E-state index contributed by atoms with van der Waals surface area (Å²) in [5, 5.41) is 2.52. The van der Waals surface area contributed by atoms with Crippen LogP contribution in [0.3, 0.4) is 0 Å². The number of anilines is 1. The van der Waals surface area contributed by atoms with Gasteiger partial charge in [-0.3, -0.25) is 4.79 Å². The summed E-state index contributed by atoms with van der Waals surface area (Å²) in [4.78, 5) is 16.9. The van der Waals surface area contributed by atoms with Gasteiger partial charge in [0.05, 0.1) is 10.8 Å². The van der Waals surface area contributed by atoms with Crippen molar-refractivity contribution in [3.8, 4) is 10.4 Å². The monoisotopic (exact) mass is 438 g/mol. The van der Waals surface area contributed by atoms with Crippen molar-refractivity contribution >= 4 is 22.4 Å². The second kappa shape index (κ2) is 8.73. The van der Waals surface area contributed by atoms with Crippen molar-refractivity contribution in [3.63, 3.8) is 0 Å². The van der Waals surface area contributed by atoms with Crippen molar-refractivity contribution in [3.05, 3.63) is 108 Å². The van der Waals surface area contributed by atoms with Crippen LogP contribution in [0.4, 0.5) is 18.3 Å². The lowest BCUT2D eigenvalue weighted by Crippen LogP contribution is -2.22. The van der Waals surface area contributed by atoms with Gasteiger partial charge < -0.3 is 5.32 Å². The van der Waals surface area contributed by atoms with Crippen molar-refractivity contribution in [2.24, 2.45) is 0 Å². The predicted molar refractivity (Wildman–Crippen MR) is 116 cm³/mol. The van der Waals surface area contributed by atoms with Gasteiger partial charge in [0, 0.05) is 0 Å². The van der Waals surface area contributed by atoms with Crippen molar-refractivity contribution in [2.45, 2.75) is 12.1 Å². The molecule has 4 aromatic rings. The van der Waals surface area contributed by atoms with Gasteiger partial charge in [0.2, 0.25) is 5.91 Å². The molecule has 31 heavy (non-hydrogen) atoms. The van der Waals surface area contributed by atoms with Crippen LogP contribution in [0.5, 0.6) is 0 Å². The van der Waals surface area contributed by atoms with Crippen LogP contribution in [0, 0.1) is 0 Å². The first-order chi connectivity index (χ1) is 14.9. The van der Waals surface area contributed by atoms with E-state index in [1.54, 1.807) is 30.3 Å². The zero-order chi connectivity index (χ0) is 21.8. The Morgan fingerprint density at radius 1 is 0.806 bits per heavy atom. The number of aromatic nitrogens is 1. The summed E-state index contributed by atoms with van der Waals surface area (Å²) < 4.78 is 40.8. The quantitative estimate of drug-likeness (QED) is 0.381. The van der Waals surface area contributed by atoms with Gasteiger partial charge >= 0.3 is 6.18 Å². The van der Waals surface area contributed by atoms with E-state index in [1.165, 1.54) is 0 Å². The molecule has 0 spiro atoms. The molecule has 0 aliphatic carbocycles. The van der Waals surface area contributed by atoms with E-state index in [-0.39, 0.29) is 10.0 Å². The van der Waals surface area contributed by atoms with Gasteiger partial charge in [0.1, 0.15) is 0 Å². The molecule has 0 saturated carbocycles. The van der Waals surface area contributed by atoms with Crippen LogP contribution < -0.4 is 5.32 Å². The van der Waals surface area contributed by atoms with E-state index in [1.807, 2.05) is 60.7 Å². The molecular formula is C24H17F3N2OS. The summed E-state index contributed by atoms with van der Waals surface area (Å²) in [7, 11) is 0. The van der Waals surface area contributed by atoms with Gasteiger partial charge in [-0.05, 0) is 16.7 Å². The van der Waals surface area contributed by atoms with Crippen molar-refractivity contribution in [1.29, 1.82) is 0 Å². The molecule has 3 nitrogen and oxygen atoms in total. The molecule has 0 aliphatic heterocycles. The van der Waals surface area contributed by atoms with Crippen LogP contribution in [0.2, 0.25) is 0 Å². The number of hydrogen-bond acceptors (Lipinski definition) is 3.